The molecule has 1 fully saturated rings. The van der Waals surface area contributed by atoms with Gasteiger partial charge in [0.15, 0.2) is 5.76 Å². The Morgan fingerprint density at radius 2 is 2.20 bits per heavy atom. The highest BCUT2D eigenvalue weighted by atomic mass is 16.4. The van der Waals surface area contributed by atoms with Crippen molar-refractivity contribution >= 4 is 0 Å². The van der Waals surface area contributed by atoms with Crippen molar-refractivity contribution in [1.82, 2.24) is 29.9 Å². The molecule has 1 aliphatic heterocycles. The average molecular weight is 342 g/mol. The van der Waals surface area contributed by atoms with E-state index in [2.05, 4.69) is 25.2 Å². The van der Waals surface area contributed by atoms with Crippen LogP contribution in [0.3, 0.4) is 0 Å². The maximum atomic E-state index is 5.72. The van der Waals surface area contributed by atoms with E-state index >= 15 is 0 Å². The van der Waals surface area contributed by atoms with Crippen LogP contribution < -0.4 is 0 Å². The molecule has 4 heterocycles. The molecule has 8 nitrogen and oxygen atoms in total. The van der Waals surface area contributed by atoms with Crippen molar-refractivity contribution in [3.8, 4) is 11.7 Å². The van der Waals surface area contributed by atoms with Crippen LogP contribution in [0, 0.1) is 19.8 Å². The summed E-state index contributed by atoms with van der Waals surface area (Å²) < 4.78 is 13.0. The van der Waals surface area contributed by atoms with Gasteiger partial charge in [-0.3, -0.25) is 4.90 Å². The Labute approximate surface area is 145 Å². The molecule has 1 unspecified atom stereocenters. The number of piperidine rings is 1. The summed E-state index contributed by atoms with van der Waals surface area (Å²) in [6.07, 6.45) is 3.97. The number of hydrogen-bond donors (Lipinski definition) is 0. The van der Waals surface area contributed by atoms with Crippen LogP contribution in [0.5, 0.6) is 0 Å². The van der Waals surface area contributed by atoms with Gasteiger partial charge in [0.2, 0.25) is 5.89 Å². The van der Waals surface area contributed by atoms with Gasteiger partial charge in [0.1, 0.15) is 11.6 Å². The first-order chi connectivity index (χ1) is 12.2. The van der Waals surface area contributed by atoms with Crippen molar-refractivity contribution in [2.75, 3.05) is 13.1 Å². The number of aryl methyl sites for hydroxylation is 2. The predicted octanol–water partition coefficient (Wildman–Crippen LogP) is 2.45. The molecule has 0 bridgehead atoms. The molecular formula is C17H22N6O2. The van der Waals surface area contributed by atoms with Gasteiger partial charge < -0.3 is 8.83 Å². The topological polar surface area (TPSA) is 86.0 Å². The lowest BCUT2D eigenvalue weighted by atomic mass is 9.98. The van der Waals surface area contributed by atoms with Crippen LogP contribution in [0.25, 0.3) is 11.7 Å². The molecule has 4 rings (SSSR count). The van der Waals surface area contributed by atoms with Crippen molar-refractivity contribution < 1.29 is 8.83 Å². The normalized spacial score (nSPS) is 18.7. The van der Waals surface area contributed by atoms with Crippen LogP contribution in [0.1, 0.15) is 30.4 Å². The van der Waals surface area contributed by atoms with Gasteiger partial charge in [-0.25, -0.2) is 9.67 Å². The van der Waals surface area contributed by atoms with Crippen LogP contribution >= 0.6 is 0 Å². The van der Waals surface area contributed by atoms with E-state index in [-0.39, 0.29) is 0 Å². The van der Waals surface area contributed by atoms with Crippen molar-refractivity contribution in [3.63, 3.8) is 0 Å². The molecule has 0 N–H and O–H groups in total. The Bertz CT molecular complexity index is 822. The van der Waals surface area contributed by atoms with E-state index in [0.29, 0.717) is 30.0 Å². The van der Waals surface area contributed by atoms with Gasteiger partial charge in [-0.05, 0) is 51.3 Å². The van der Waals surface area contributed by atoms with E-state index in [1.165, 1.54) is 6.42 Å². The predicted molar refractivity (Wildman–Crippen MR) is 89.5 cm³/mol. The number of hydrogen-bond acceptors (Lipinski definition) is 7. The number of aromatic nitrogens is 5. The summed E-state index contributed by atoms with van der Waals surface area (Å²) in [5.74, 6) is 4.03. The van der Waals surface area contributed by atoms with Crippen LogP contribution in [0.15, 0.2) is 27.2 Å². The smallest absolute Gasteiger partial charge is 0.283 e. The molecule has 1 aliphatic rings. The lowest BCUT2D eigenvalue weighted by Gasteiger charge is -2.31. The Morgan fingerprint density at radius 1 is 1.28 bits per heavy atom. The van der Waals surface area contributed by atoms with Crippen LogP contribution in [-0.2, 0) is 13.1 Å². The first-order valence-electron chi connectivity index (χ1n) is 8.64. The molecule has 3 aromatic heterocycles. The summed E-state index contributed by atoms with van der Waals surface area (Å²) in [7, 11) is 0. The zero-order valence-electron chi connectivity index (χ0n) is 14.6. The van der Waals surface area contributed by atoms with Gasteiger partial charge in [0.25, 0.3) is 5.89 Å². The summed E-state index contributed by atoms with van der Waals surface area (Å²) >= 11 is 0. The largest absolute Gasteiger partial charge is 0.459 e. The lowest BCUT2D eigenvalue weighted by molar-refractivity contribution is 0.141. The fraction of sp³-hybridized carbons (Fsp3) is 0.529. The van der Waals surface area contributed by atoms with Gasteiger partial charge in [0, 0.05) is 13.1 Å². The molecular weight excluding hydrogens is 320 g/mol. The highest BCUT2D eigenvalue weighted by Crippen LogP contribution is 2.22. The molecule has 25 heavy (non-hydrogen) atoms. The highest BCUT2D eigenvalue weighted by molar-refractivity contribution is 5.42. The van der Waals surface area contributed by atoms with Crippen LogP contribution in [0.2, 0.25) is 0 Å². The van der Waals surface area contributed by atoms with E-state index in [1.54, 1.807) is 6.26 Å². The van der Waals surface area contributed by atoms with Gasteiger partial charge in [0.05, 0.1) is 12.8 Å². The van der Waals surface area contributed by atoms with E-state index in [0.717, 1.165) is 37.7 Å². The Morgan fingerprint density at radius 3 is 2.96 bits per heavy atom. The minimum Gasteiger partial charge on any atom is -0.459 e. The Balaban J connectivity index is 1.37. The number of nitrogens with zero attached hydrogens (tertiary/aromatic N) is 6. The van der Waals surface area contributed by atoms with Gasteiger partial charge >= 0.3 is 0 Å². The molecule has 0 saturated carbocycles. The van der Waals surface area contributed by atoms with Crippen molar-refractivity contribution in [1.29, 1.82) is 0 Å². The summed E-state index contributed by atoms with van der Waals surface area (Å²) in [5.41, 5.74) is 0. The summed E-state index contributed by atoms with van der Waals surface area (Å²) in [5, 5.41) is 12.7. The zero-order valence-corrected chi connectivity index (χ0v) is 14.6. The van der Waals surface area contributed by atoms with Crippen molar-refractivity contribution in [2.45, 2.75) is 39.8 Å². The summed E-state index contributed by atoms with van der Waals surface area (Å²) in [6, 6.07) is 3.62. The lowest BCUT2D eigenvalue weighted by Crippen LogP contribution is -2.37. The van der Waals surface area contributed by atoms with Crippen LogP contribution in [0.4, 0.5) is 0 Å². The van der Waals surface area contributed by atoms with Crippen LogP contribution in [-0.4, -0.2) is 43.0 Å². The third-order valence-corrected chi connectivity index (χ3v) is 4.55. The van der Waals surface area contributed by atoms with Gasteiger partial charge in [-0.2, -0.15) is 5.10 Å². The molecule has 8 heteroatoms. The first-order valence-corrected chi connectivity index (χ1v) is 8.64. The fourth-order valence-electron chi connectivity index (χ4n) is 3.43. The molecule has 3 aromatic rings. The van der Waals surface area contributed by atoms with E-state index in [1.807, 2.05) is 30.7 Å². The van der Waals surface area contributed by atoms with E-state index in [9.17, 15) is 0 Å². The Kier molecular flexibility index (Phi) is 4.35. The highest BCUT2D eigenvalue weighted by Gasteiger charge is 2.23. The quantitative estimate of drug-likeness (QED) is 0.704. The Hall–Kier alpha value is -2.48. The first kappa shape index (κ1) is 16.0. The maximum absolute atomic E-state index is 5.72. The molecule has 1 saturated heterocycles. The summed E-state index contributed by atoms with van der Waals surface area (Å²) in [4.78, 5) is 6.75. The second-order valence-corrected chi connectivity index (χ2v) is 6.61. The van der Waals surface area contributed by atoms with Gasteiger partial charge in [-0.1, -0.05) is 0 Å². The summed E-state index contributed by atoms with van der Waals surface area (Å²) in [6.45, 7) is 7.56. The third-order valence-electron chi connectivity index (χ3n) is 4.55. The third kappa shape index (κ3) is 3.63. The number of furan rings is 1. The monoisotopic (exact) mass is 342 g/mol. The molecule has 0 radical (unpaired) electrons. The van der Waals surface area contributed by atoms with Gasteiger partial charge in [-0.15, -0.1) is 10.2 Å². The average Bonchev–Trinajstić information content (AvgIpc) is 3.30. The fourth-order valence-corrected chi connectivity index (χ4v) is 3.43. The standard InChI is InChI=1S/C17H22N6O2/c1-12-18-13(2)23(21-12)10-14-5-3-7-22(9-14)11-16-19-20-17(25-16)15-6-4-8-24-15/h4,6,8,14H,3,5,7,9-11H2,1-2H3. The van der Waals surface area contributed by atoms with Crippen molar-refractivity contribution in [2.24, 2.45) is 5.92 Å². The minimum atomic E-state index is 0.433. The second kappa shape index (κ2) is 6.79. The number of likely N-dealkylation sites (tertiary alicyclic amines) is 1. The molecule has 1 atom stereocenters. The number of rotatable bonds is 5. The maximum Gasteiger partial charge on any atom is 0.283 e. The minimum absolute atomic E-state index is 0.433. The molecule has 0 aliphatic carbocycles. The zero-order chi connectivity index (χ0) is 17.2. The SMILES string of the molecule is Cc1nc(C)n(CC2CCCN(Cc3nnc(-c4ccco4)o3)C2)n1. The molecule has 132 valence electrons. The molecule has 0 amide bonds. The molecule has 0 spiro atoms. The van der Waals surface area contributed by atoms with E-state index < -0.39 is 0 Å². The van der Waals surface area contributed by atoms with Crippen molar-refractivity contribution in [3.05, 3.63) is 35.9 Å². The molecule has 0 aromatic carbocycles. The van der Waals surface area contributed by atoms with E-state index in [4.69, 9.17) is 8.83 Å². The second-order valence-electron chi connectivity index (χ2n) is 6.61.